The van der Waals surface area contributed by atoms with Gasteiger partial charge in [0.05, 0.1) is 5.56 Å². The molecule has 0 radical (unpaired) electrons. The van der Waals surface area contributed by atoms with Gasteiger partial charge in [0.1, 0.15) is 0 Å². The van der Waals surface area contributed by atoms with Crippen LogP contribution in [0.4, 0.5) is 10.5 Å². The molecule has 4 rings (SSSR count). The third-order valence-corrected chi connectivity index (χ3v) is 5.32. The van der Waals surface area contributed by atoms with Crippen molar-refractivity contribution in [2.75, 3.05) is 18.4 Å². The van der Waals surface area contributed by atoms with Crippen molar-refractivity contribution in [3.05, 3.63) is 59.9 Å². The first kappa shape index (κ1) is 19.9. The molecule has 2 aliphatic rings. The smallest absolute Gasteiger partial charge is 0.319 e. The molecule has 156 valence electrons. The van der Waals surface area contributed by atoms with Crippen molar-refractivity contribution in [2.45, 2.75) is 37.8 Å². The summed E-state index contributed by atoms with van der Waals surface area (Å²) in [5.41, 5.74) is 1.67. The Morgan fingerprint density at radius 2 is 1.63 bits per heavy atom. The highest BCUT2D eigenvalue weighted by atomic mass is 16.2. The fourth-order valence-electron chi connectivity index (χ4n) is 3.49. The van der Waals surface area contributed by atoms with Gasteiger partial charge < -0.3 is 20.9 Å². The fraction of sp³-hybridized carbons (Fsp3) is 0.364. The lowest BCUT2D eigenvalue weighted by atomic mass is 10.0. The maximum absolute atomic E-state index is 12.9. The van der Waals surface area contributed by atoms with E-state index in [1.807, 2.05) is 0 Å². The van der Waals surface area contributed by atoms with Crippen molar-refractivity contribution >= 4 is 23.5 Å². The van der Waals surface area contributed by atoms with Crippen LogP contribution in [0.2, 0.25) is 0 Å². The second-order valence-corrected chi connectivity index (χ2v) is 7.74. The third-order valence-electron chi connectivity index (χ3n) is 5.32. The quantitative estimate of drug-likeness (QED) is 0.708. The molecule has 1 saturated heterocycles. The molecule has 3 N–H and O–H groups in total. The molecular weight excluding hydrogens is 382 g/mol. The number of hydrogen-bond donors (Lipinski definition) is 3. The van der Waals surface area contributed by atoms with Gasteiger partial charge in [-0.1, -0.05) is 6.07 Å². The zero-order chi connectivity index (χ0) is 20.9. The Morgan fingerprint density at radius 3 is 2.33 bits per heavy atom. The van der Waals surface area contributed by atoms with Crippen LogP contribution in [-0.2, 0) is 0 Å². The van der Waals surface area contributed by atoms with Gasteiger partial charge in [-0.3, -0.25) is 14.6 Å². The number of nitrogens with one attached hydrogen (secondary N) is 3. The SMILES string of the molecule is O=C(Nc1cccc(C(=O)N2CCC(NC(=O)c3cccnc3)CC2)c1)NC1CC1. The number of pyridine rings is 1. The molecule has 2 fully saturated rings. The molecule has 30 heavy (non-hydrogen) atoms. The number of amides is 4. The van der Waals surface area contributed by atoms with E-state index in [0.29, 0.717) is 42.7 Å². The van der Waals surface area contributed by atoms with Crippen LogP contribution in [-0.4, -0.2) is 52.9 Å². The maximum atomic E-state index is 12.9. The second-order valence-electron chi connectivity index (χ2n) is 7.74. The molecule has 8 nitrogen and oxygen atoms in total. The number of piperidine rings is 1. The van der Waals surface area contributed by atoms with Crippen LogP contribution < -0.4 is 16.0 Å². The number of urea groups is 1. The summed E-state index contributed by atoms with van der Waals surface area (Å²) in [6, 6.07) is 10.5. The molecule has 0 atom stereocenters. The number of carbonyl (C=O) groups excluding carboxylic acids is 3. The van der Waals surface area contributed by atoms with Crippen LogP contribution in [0.25, 0.3) is 0 Å². The number of aromatic nitrogens is 1. The third kappa shape index (κ3) is 5.14. The van der Waals surface area contributed by atoms with E-state index in [9.17, 15) is 14.4 Å². The summed E-state index contributed by atoms with van der Waals surface area (Å²) >= 11 is 0. The summed E-state index contributed by atoms with van der Waals surface area (Å²) in [5.74, 6) is -0.214. The zero-order valence-electron chi connectivity index (χ0n) is 16.6. The van der Waals surface area contributed by atoms with Gasteiger partial charge >= 0.3 is 6.03 Å². The molecule has 1 aliphatic heterocycles. The molecule has 2 aromatic rings. The zero-order valence-corrected chi connectivity index (χ0v) is 16.6. The van der Waals surface area contributed by atoms with Crippen LogP contribution in [0.1, 0.15) is 46.4 Å². The molecule has 2 heterocycles. The number of likely N-dealkylation sites (tertiary alicyclic amines) is 1. The maximum Gasteiger partial charge on any atom is 0.319 e. The van der Waals surface area contributed by atoms with E-state index in [-0.39, 0.29) is 29.9 Å². The normalized spacial score (nSPS) is 16.6. The lowest BCUT2D eigenvalue weighted by Gasteiger charge is -2.32. The highest BCUT2D eigenvalue weighted by molar-refractivity contribution is 5.97. The molecule has 0 spiro atoms. The highest BCUT2D eigenvalue weighted by Gasteiger charge is 2.26. The summed E-state index contributed by atoms with van der Waals surface area (Å²) < 4.78 is 0. The van der Waals surface area contributed by atoms with E-state index in [1.54, 1.807) is 53.7 Å². The van der Waals surface area contributed by atoms with E-state index in [0.717, 1.165) is 12.8 Å². The van der Waals surface area contributed by atoms with E-state index < -0.39 is 0 Å². The van der Waals surface area contributed by atoms with Crippen LogP contribution in [0.15, 0.2) is 48.8 Å². The van der Waals surface area contributed by atoms with Gasteiger partial charge in [-0.15, -0.1) is 0 Å². The molecule has 1 aliphatic carbocycles. The fourth-order valence-corrected chi connectivity index (χ4v) is 3.49. The first-order valence-electron chi connectivity index (χ1n) is 10.3. The van der Waals surface area contributed by atoms with Crippen LogP contribution in [0.3, 0.4) is 0 Å². The molecule has 8 heteroatoms. The van der Waals surface area contributed by atoms with Gasteiger partial charge in [-0.05, 0) is 56.0 Å². The lowest BCUT2D eigenvalue weighted by molar-refractivity contribution is 0.0698. The number of carbonyl (C=O) groups is 3. The van der Waals surface area contributed by atoms with Gasteiger partial charge in [-0.25, -0.2) is 4.79 Å². The highest BCUT2D eigenvalue weighted by Crippen LogP contribution is 2.20. The van der Waals surface area contributed by atoms with Gasteiger partial charge in [-0.2, -0.15) is 0 Å². The minimum absolute atomic E-state index is 0.0286. The van der Waals surface area contributed by atoms with Crippen LogP contribution >= 0.6 is 0 Å². The Kier molecular flexibility index (Phi) is 5.92. The van der Waals surface area contributed by atoms with Gasteiger partial charge in [0.25, 0.3) is 11.8 Å². The van der Waals surface area contributed by atoms with E-state index in [1.165, 1.54) is 0 Å². The summed E-state index contributed by atoms with van der Waals surface area (Å²) in [7, 11) is 0. The van der Waals surface area contributed by atoms with E-state index >= 15 is 0 Å². The minimum atomic E-state index is -0.243. The summed E-state index contributed by atoms with van der Waals surface area (Å²) in [4.78, 5) is 42.8. The van der Waals surface area contributed by atoms with Gasteiger partial charge in [0.15, 0.2) is 0 Å². The van der Waals surface area contributed by atoms with Crippen molar-refractivity contribution < 1.29 is 14.4 Å². The molecule has 4 amide bonds. The molecule has 0 bridgehead atoms. The largest absolute Gasteiger partial charge is 0.349 e. The predicted octanol–water partition coefficient (Wildman–Crippen LogP) is 2.40. The number of nitrogens with zero attached hydrogens (tertiary/aromatic N) is 2. The topological polar surface area (TPSA) is 103 Å². The van der Waals surface area contributed by atoms with Crippen molar-refractivity contribution in [1.29, 1.82) is 0 Å². The Hall–Kier alpha value is -3.42. The standard InChI is InChI=1S/C22H25N5O3/c28-20(16-4-2-10-23-14-16)24-18-8-11-27(12-9-18)21(29)15-3-1-5-19(13-15)26-22(30)25-17-6-7-17/h1-5,10,13-14,17-18H,6-9,11-12H2,(H,24,28)(H2,25,26,30). The number of anilines is 1. The van der Waals surface area contributed by atoms with Gasteiger partial charge in [0, 0.05) is 48.8 Å². The van der Waals surface area contributed by atoms with Crippen LogP contribution in [0, 0.1) is 0 Å². The van der Waals surface area contributed by atoms with Gasteiger partial charge in [0.2, 0.25) is 0 Å². The summed E-state index contributed by atoms with van der Waals surface area (Å²) in [6.45, 7) is 1.13. The molecular formula is C22H25N5O3. The first-order chi connectivity index (χ1) is 14.6. The minimum Gasteiger partial charge on any atom is -0.349 e. The molecule has 1 aromatic heterocycles. The Balaban J connectivity index is 1.29. The van der Waals surface area contributed by atoms with Crippen molar-refractivity contribution in [3.8, 4) is 0 Å². The van der Waals surface area contributed by atoms with Crippen molar-refractivity contribution in [1.82, 2.24) is 20.5 Å². The first-order valence-corrected chi connectivity index (χ1v) is 10.3. The Labute approximate surface area is 175 Å². The average Bonchev–Trinajstić information content (AvgIpc) is 3.58. The molecule has 0 unspecified atom stereocenters. The predicted molar refractivity (Wildman–Crippen MR) is 112 cm³/mol. The number of rotatable bonds is 5. The monoisotopic (exact) mass is 407 g/mol. The Morgan fingerprint density at radius 1 is 0.900 bits per heavy atom. The Bertz CT molecular complexity index is 921. The summed E-state index contributed by atoms with van der Waals surface area (Å²) in [5, 5.41) is 8.66. The average molecular weight is 407 g/mol. The van der Waals surface area contributed by atoms with E-state index in [4.69, 9.17) is 0 Å². The number of hydrogen-bond acceptors (Lipinski definition) is 4. The molecule has 1 saturated carbocycles. The van der Waals surface area contributed by atoms with Crippen molar-refractivity contribution in [2.24, 2.45) is 0 Å². The van der Waals surface area contributed by atoms with Crippen LogP contribution in [0.5, 0.6) is 0 Å². The second kappa shape index (κ2) is 8.94. The van der Waals surface area contributed by atoms with E-state index in [2.05, 4.69) is 20.9 Å². The summed E-state index contributed by atoms with van der Waals surface area (Å²) in [6.07, 6.45) is 6.60. The lowest BCUT2D eigenvalue weighted by Crippen LogP contribution is -2.46. The molecule has 1 aromatic carbocycles. The number of benzene rings is 1. The van der Waals surface area contributed by atoms with Crippen molar-refractivity contribution in [3.63, 3.8) is 0 Å².